The quantitative estimate of drug-likeness (QED) is 0.499. The maximum absolute atomic E-state index is 12.4. The Morgan fingerprint density at radius 3 is 1.92 bits per heavy atom. The number of rotatable bonds is 6. The van der Waals surface area contributed by atoms with Crippen LogP contribution < -0.4 is 0 Å². The molecule has 0 bridgehead atoms. The molecular weight excluding hydrogens is 334 g/mol. The van der Waals surface area contributed by atoms with Gasteiger partial charge in [0.05, 0.1) is 12.1 Å². The van der Waals surface area contributed by atoms with Gasteiger partial charge in [-0.15, -0.1) is 0 Å². The Bertz CT molecular complexity index is 449. The van der Waals surface area contributed by atoms with Crippen molar-refractivity contribution in [2.45, 2.75) is 103 Å². The lowest BCUT2D eigenvalue weighted by atomic mass is 10.2. The van der Waals surface area contributed by atoms with Crippen molar-refractivity contribution in [1.29, 1.82) is 0 Å². The molecule has 0 N–H and O–H groups in total. The van der Waals surface area contributed by atoms with Crippen molar-refractivity contribution in [2.75, 3.05) is 6.54 Å². The second-order valence-corrected chi connectivity index (χ2v) is 14.5. The van der Waals surface area contributed by atoms with Crippen LogP contribution in [0.1, 0.15) is 68.7 Å². The van der Waals surface area contributed by atoms with Crippen LogP contribution in [-0.4, -0.2) is 49.9 Å². The number of likely N-dealkylation sites (tertiary alicyclic amines) is 1. The minimum Gasteiger partial charge on any atom is -0.444 e. The van der Waals surface area contributed by atoms with E-state index in [4.69, 9.17) is 9.16 Å². The molecule has 0 radical (unpaired) electrons. The first kappa shape index (κ1) is 22.2. The van der Waals surface area contributed by atoms with Gasteiger partial charge in [0.1, 0.15) is 11.9 Å². The van der Waals surface area contributed by atoms with Crippen LogP contribution >= 0.6 is 0 Å². The minimum absolute atomic E-state index is 0.0958. The molecule has 1 aliphatic heterocycles. The highest BCUT2D eigenvalue weighted by Gasteiger charge is 2.49. The van der Waals surface area contributed by atoms with E-state index in [1.54, 1.807) is 0 Å². The summed E-state index contributed by atoms with van der Waals surface area (Å²) in [4.78, 5) is 25.5. The summed E-state index contributed by atoms with van der Waals surface area (Å²) < 4.78 is 12.2. The van der Waals surface area contributed by atoms with Crippen LogP contribution in [0.5, 0.6) is 0 Å². The summed E-state index contributed by atoms with van der Waals surface area (Å²) >= 11 is 0. The average molecular weight is 372 g/mol. The molecule has 0 unspecified atom stereocenters. The van der Waals surface area contributed by atoms with Gasteiger partial charge in [-0.25, -0.2) is 4.79 Å². The van der Waals surface area contributed by atoms with E-state index in [1.807, 2.05) is 20.8 Å². The lowest BCUT2D eigenvalue weighted by molar-refractivity contribution is -0.111. The van der Waals surface area contributed by atoms with Gasteiger partial charge >= 0.3 is 6.09 Å². The number of ether oxygens (including phenoxy) is 1. The number of carbonyl (C=O) groups excluding carboxylic acids is 2. The first-order chi connectivity index (χ1) is 11.3. The third-order valence-corrected chi connectivity index (χ3v) is 11.3. The zero-order valence-electron chi connectivity index (χ0n) is 17.5. The van der Waals surface area contributed by atoms with E-state index in [9.17, 15) is 9.59 Å². The number of hydrogen-bond donors (Lipinski definition) is 0. The van der Waals surface area contributed by atoms with Crippen molar-refractivity contribution in [3.8, 4) is 0 Å². The van der Waals surface area contributed by atoms with Crippen molar-refractivity contribution in [1.82, 2.24) is 4.90 Å². The van der Waals surface area contributed by atoms with Crippen molar-refractivity contribution in [2.24, 2.45) is 0 Å². The summed E-state index contributed by atoms with van der Waals surface area (Å²) in [6, 6.07) is -0.460. The van der Waals surface area contributed by atoms with E-state index in [2.05, 4.69) is 41.5 Å². The maximum Gasteiger partial charge on any atom is 0.410 e. The number of nitrogens with zero attached hydrogens (tertiary/aromatic N) is 1. The molecule has 0 spiro atoms. The fourth-order valence-electron chi connectivity index (χ4n) is 4.27. The first-order valence-corrected chi connectivity index (χ1v) is 11.6. The SMILES string of the molecule is CC(C)[Si](O[C@H]1C[C@@H](C=O)N(C(=O)OC(C)(C)C)C1)(C(C)C)C(C)C. The lowest BCUT2D eigenvalue weighted by Crippen LogP contribution is -2.50. The van der Waals surface area contributed by atoms with Crippen molar-refractivity contribution in [3.05, 3.63) is 0 Å². The van der Waals surface area contributed by atoms with Crippen LogP contribution in [0.15, 0.2) is 0 Å². The van der Waals surface area contributed by atoms with Crippen LogP contribution in [0.2, 0.25) is 16.6 Å². The van der Waals surface area contributed by atoms with Gasteiger partial charge in [-0.3, -0.25) is 4.90 Å². The molecule has 1 aliphatic rings. The van der Waals surface area contributed by atoms with E-state index in [0.717, 1.165) is 6.29 Å². The highest BCUT2D eigenvalue weighted by Crippen LogP contribution is 2.44. The van der Waals surface area contributed by atoms with Crippen molar-refractivity contribution < 1.29 is 18.8 Å². The fourth-order valence-corrected chi connectivity index (χ4v) is 9.83. The molecule has 5 nitrogen and oxygen atoms in total. The molecular formula is C19H37NO4Si. The molecule has 146 valence electrons. The summed E-state index contributed by atoms with van der Waals surface area (Å²) in [5, 5.41) is 0. The number of amides is 1. The molecule has 1 amide bonds. The molecule has 0 saturated carbocycles. The van der Waals surface area contributed by atoms with Gasteiger partial charge < -0.3 is 14.0 Å². The van der Waals surface area contributed by atoms with Crippen LogP contribution in [0.4, 0.5) is 4.79 Å². The van der Waals surface area contributed by atoms with Crippen molar-refractivity contribution >= 4 is 20.7 Å². The third-order valence-electron chi connectivity index (χ3n) is 5.17. The van der Waals surface area contributed by atoms with E-state index >= 15 is 0 Å². The van der Waals surface area contributed by atoms with Crippen LogP contribution in [0.3, 0.4) is 0 Å². The molecule has 2 atom stereocenters. The zero-order chi connectivity index (χ0) is 19.6. The smallest absolute Gasteiger partial charge is 0.410 e. The topological polar surface area (TPSA) is 55.8 Å². The molecule has 0 aliphatic carbocycles. The molecule has 25 heavy (non-hydrogen) atoms. The van der Waals surface area contributed by atoms with Gasteiger partial charge in [-0.05, 0) is 37.4 Å². The molecule has 0 aromatic carbocycles. The normalized spacial score (nSPS) is 22.2. The summed E-state index contributed by atoms with van der Waals surface area (Å²) in [6.45, 7) is 19.4. The summed E-state index contributed by atoms with van der Waals surface area (Å²) in [5.74, 6) is 0. The zero-order valence-corrected chi connectivity index (χ0v) is 18.5. The van der Waals surface area contributed by atoms with E-state index in [-0.39, 0.29) is 6.10 Å². The largest absolute Gasteiger partial charge is 0.444 e. The highest BCUT2D eigenvalue weighted by atomic mass is 28.4. The van der Waals surface area contributed by atoms with Crippen LogP contribution in [0.25, 0.3) is 0 Å². The maximum atomic E-state index is 12.4. The standard InChI is InChI=1S/C19H37NO4Si/c1-13(2)25(14(3)4,15(5)6)24-17-10-16(12-21)20(11-17)18(22)23-19(7,8)9/h12-17H,10-11H2,1-9H3/t16-,17-/m0/s1. The second-order valence-electron chi connectivity index (χ2n) is 9.13. The van der Waals surface area contributed by atoms with E-state index in [0.29, 0.717) is 29.6 Å². The predicted octanol–water partition coefficient (Wildman–Crippen LogP) is 4.76. The number of hydrogen-bond acceptors (Lipinski definition) is 4. The fraction of sp³-hybridized carbons (Fsp3) is 0.895. The molecule has 6 heteroatoms. The first-order valence-electron chi connectivity index (χ1n) is 9.47. The van der Waals surface area contributed by atoms with Crippen LogP contribution in [-0.2, 0) is 14.0 Å². The molecule has 1 heterocycles. The third kappa shape index (κ3) is 5.06. The molecule has 0 aromatic heterocycles. The van der Waals surface area contributed by atoms with Crippen LogP contribution in [0, 0.1) is 0 Å². The average Bonchev–Trinajstić information content (AvgIpc) is 2.84. The monoisotopic (exact) mass is 371 g/mol. The van der Waals surface area contributed by atoms with Gasteiger partial charge in [-0.2, -0.15) is 0 Å². The van der Waals surface area contributed by atoms with Gasteiger partial charge in [0, 0.05) is 13.0 Å². The summed E-state index contributed by atoms with van der Waals surface area (Å²) in [6.07, 6.45) is 0.878. The van der Waals surface area contributed by atoms with Gasteiger partial charge in [0.25, 0.3) is 0 Å². The molecule has 0 aromatic rings. The van der Waals surface area contributed by atoms with Crippen molar-refractivity contribution in [3.63, 3.8) is 0 Å². The lowest BCUT2D eigenvalue weighted by Gasteiger charge is -2.44. The Kier molecular flexibility index (Phi) is 7.27. The van der Waals surface area contributed by atoms with Gasteiger partial charge in [0.15, 0.2) is 0 Å². The second kappa shape index (κ2) is 8.21. The highest BCUT2D eigenvalue weighted by molar-refractivity contribution is 6.77. The molecule has 1 saturated heterocycles. The summed E-state index contributed by atoms with van der Waals surface area (Å²) in [7, 11) is -2.04. The minimum atomic E-state index is -2.04. The number of carbonyl (C=O) groups is 2. The molecule has 1 fully saturated rings. The van der Waals surface area contributed by atoms with Gasteiger partial charge in [-0.1, -0.05) is 41.5 Å². The Labute approximate surface area is 154 Å². The van der Waals surface area contributed by atoms with Gasteiger partial charge in [0.2, 0.25) is 8.32 Å². The van der Waals surface area contributed by atoms with E-state index < -0.39 is 26.1 Å². The number of aldehydes is 1. The Morgan fingerprint density at radius 2 is 1.56 bits per heavy atom. The summed E-state index contributed by atoms with van der Waals surface area (Å²) in [5.41, 5.74) is 0.837. The Hall–Kier alpha value is -0.883. The predicted molar refractivity (Wildman–Crippen MR) is 103 cm³/mol. The molecule has 1 rings (SSSR count). The Morgan fingerprint density at radius 1 is 1.08 bits per heavy atom. The van der Waals surface area contributed by atoms with E-state index in [1.165, 1.54) is 4.90 Å². The Balaban J connectivity index is 2.97.